The van der Waals surface area contributed by atoms with Crippen LogP contribution in [0, 0.1) is 0 Å². The van der Waals surface area contributed by atoms with Gasteiger partial charge in [0.15, 0.2) is 0 Å². The minimum Gasteiger partial charge on any atom is -0.383 e. The van der Waals surface area contributed by atoms with Crippen LogP contribution in [0.1, 0.15) is 6.42 Å². The van der Waals surface area contributed by atoms with Crippen LogP contribution in [0.15, 0.2) is 28.1 Å². The number of nitrogens with zero attached hydrogens (tertiary/aromatic N) is 2. The Balaban J connectivity index is 2.68. The molecule has 6 nitrogen and oxygen atoms in total. The van der Waals surface area contributed by atoms with Gasteiger partial charge < -0.3 is 5.32 Å². The van der Waals surface area contributed by atoms with Crippen molar-refractivity contribution in [3.05, 3.63) is 33.7 Å². The molecular formula is C11H16BrN3O3S. The molecule has 0 radical (unpaired) electrons. The zero-order chi connectivity index (χ0) is 14.5. The lowest BCUT2D eigenvalue weighted by Gasteiger charge is -2.09. The summed E-state index contributed by atoms with van der Waals surface area (Å²) in [4.78, 5) is 11.8. The van der Waals surface area contributed by atoms with Crippen LogP contribution >= 0.6 is 15.9 Å². The van der Waals surface area contributed by atoms with Crippen LogP contribution in [-0.2, 0) is 16.4 Å². The van der Waals surface area contributed by atoms with Crippen LogP contribution in [-0.4, -0.2) is 36.8 Å². The molecule has 0 amide bonds. The molecule has 0 aliphatic rings. The van der Waals surface area contributed by atoms with Gasteiger partial charge in [0.2, 0.25) is 0 Å². The first-order valence-electron chi connectivity index (χ1n) is 5.63. The molecule has 1 heterocycles. The van der Waals surface area contributed by atoms with Crippen molar-refractivity contribution in [2.24, 2.45) is 0 Å². The third-order valence-corrected chi connectivity index (χ3v) is 4.09. The van der Waals surface area contributed by atoms with Crippen molar-refractivity contribution < 1.29 is 8.42 Å². The van der Waals surface area contributed by atoms with Crippen molar-refractivity contribution >= 4 is 31.5 Å². The SMILES string of the molecule is C=CCn1ncc(NCCCS(C)(=O)=O)c(Br)c1=O. The first-order chi connectivity index (χ1) is 8.85. The first kappa shape index (κ1) is 15.9. The molecular weight excluding hydrogens is 334 g/mol. The lowest BCUT2D eigenvalue weighted by Crippen LogP contribution is -2.24. The quantitative estimate of drug-likeness (QED) is 0.587. The van der Waals surface area contributed by atoms with Crippen molar-refractivity contribution in [3.8, 4) is 0 Å². The lowest BCUT2D eigenvalue weighted by atomic mass is 10.4. The van der Waals surface area contributed by atoms with Gasteiger partial charge >= 0.3 is 0 Å². The average molecular weight is 350 g/mol. The fourth-order valence-corrected chi connectivity index (χ4v) is 2.51. The van der Waals surface area contributed by atoms with E-state index < -0.39 is 9.84 Å². The van der Waals surface area contributed by atoms with E-state index in [1.54, 1.807) is 6.08 Å². The summed E-state index contributed by atoms with van der Waals surface area (Å²) in [5.41, 5.74) is 0.298. The van der Waals surface area contributed by atoms with Gasteiger partial charge in [-0.3, -0.25) is 4.79 Å². The van der Waals surface area contributed by atoms with Gasteiger partial charge in [-0.2, -0.15) is 5.10 Å². The summed E-state index contributed by atoms with van der Waals surface area (Å²) in [5, 5.41) is 6.96. The van der Waals surface area contributed by atoms with Gasteiger partial charge in [0.05, 0.1) is 24.2 Å². The maximum absolute atomic E-state index is 11.8. The first-order valence-corrected chi connectivity index (χ1v) is 8.48. The number of nitrogens with one attached hydrogen (secondary N) is 1. The molecule has 19 heavy (non-hydrogen) atoms. The molecule has 0 aliphatic carbocycles. The molecule has 0 unspecified atom stereocenters. The Kier molecular flexibility index (Phi) is 5.74. The number of rotatable bonds is 7. The zero-order valence-corrected chi connectivity index (χ0v) is 13.0. The Bertz CT molecular complexity index is 610. The highest BCUT2D eigenvalue weighted by Gasteiger charge is 2.08. The molecule has 0 bridgehead atoms. The molecule has 1 rings (SSSR count). The molecule has 0 saturated carbocycles. The largest absolute Gasteiger partial charge is 0.383 e. The number of anilines is 1. The monoisotopic (exact) mass is 349 g/mol. The molecule has 1 aromatic heterocycles. The topological polar surface area (TPSA) is 81.1 Å². The molecule has 1 aromatic rings. The molecule has 0 atom stereocenters. The predicted molar refractivity (Wildman–Crippen MR) is 79.2 cm³/mol. The maximum atomic E-state index is 11.8. The number of aromatic nitrogens is 2. The zero-order valence-electron chi connectivity index (χ0n) is 10.6. The van der Waals surface area contributed by atoms with Gasteiger partial charge in [-0.25, -0.2) is 13.1 Å². The summed E-state index contributed by atoms with van der Waals surface area (Å²) in [6.07, 6.45) is 4.78. The number of halogens is 1. The summed E-state index contributed by atoms with van der Waals surface area (Å²) < 4.78 is 23.6. The number of hydrogen-bond acceptors (Lipinski definition) is 5. The highest BCUT2D eigenvalue weighted by Crippen LogP contribution is 2.15. The van der Waals surface area contributed by atoms with Crippen molar-refractivity contribution in [1.29, 1.82) is 0 Å². The second kappa shape index (κ2) is 6.85. The highest BCUT2D eigenvalue weighted by molar-refractivity contribution is 9.10. The molecule has 106 valence electrons. The van der Waals surface area contributed by atoms with Crippen LogP contribution in [0.5, 0.6) is 0 Å². The summed E-state index contributed by atoms with van der Waals surface area (Å²) >= 11 is 3.20. The minimum absolute atomic E-state index is 0.110. The standard InChI is InChI=1S/C11H16BrN3O3S/c1-3-6-15-11(16)10(12)9(8-14-15)13-5-4-7-19(2,17)18/h3,8,13H,1,4-7H2,2H3. The van der Waals surface area contributed by atoms with Crippen molar-refractivity contribution in [3.63, 3.8) is 0 Å². The molecule has 1 N–H and O–H groups in total. The molecule has 0 spiro atoms. The summed E-state index contributed by atoms with van der Waals surface area (Å²) in [6.45, 7) is 4.34. The summed E-state index contributed by atoms with van der Waals surface area (Å²) in [7, 11) is -2.96. The van der Waals surface area contributed by atoms with Gasteiger partial charge in [0.1, 0.15) is 14.3 Å². The predicted octanol–water partition coefficient (Wildman–Crippen LogP) is 1.04. The van der Waals surface area contributed by atoms with Crippen LogP contribution in [0.25, 0.3) is 0 Å². The van der Waals surface area contributed by atoms with E-state index in [9.17, 15) is 13.2 Å². The minimum atomic E-state index is -2.96. The van der Waals surface area contributed by atoms with Crippen molar-refractivity contribution in [2.45, 2.75) is 13.0 Å². The molecule has 0 aliphatic heterocycles. The number of sulfone groups is 1. The Hall–Kier alpha value is -1.15. The van der Waals surface area contributed by atoms with Crippen molar-refractivity contribution in [1.82, 2.24) is 9.78 Å². The Morgan fingerprint density at radius 3 is 2.84 bits per heavy atom. The van der Waals surface area contributed by atoms with E-state index in [4.69, 9.17) is 0 Å². The van der Waals surface area contributed by atoms with E-state index in [0.29, 0.717) is 29.7 Å². The fourth-order valence-electron chi connectivity index (χ4n) is 1.40. The van der Waals surface area contributed by atoms with Gasteiger partial charge in [-0.05, 0) is 22.4 Å². The van der Waals surface area contributed by atoms with E-state index in [1.807, 2.05) is 0 Å². The van der Waals surface area contributed by atoms with Crippen LogP contribution < -0.4 is 10.9 Å². The number of hydrogen-bond donors (Lipinski definition) is 1. The second-order valence-corrected chi connectivity index (χ2v) is 7.11. The summed E-state index contributed by atoms with van der Waals surface area (Å²) in [5.74, 6) is 0.110. The Morgan fingerprint density at radius 2 is 2.26 bits per heavy atom. The van der Waals surface area contributed by atoms with Gasteiger partial charge in [0, 0.05) is 12.8 Å². The molecule has 0 fully saturated rings. The maximum Gasteiger partial charge on any atom is 0.283 e. The lowest BCUT2D eigenvalue weighted by molar-refractivity contribution is 0.600. The highest BCUT2D eigenvalue weighted by atomic mass is 79.9. The van der Waals surface area contributed by atoms with E-state index in [0.717, 1.165) is 0 Å². The number of allylic oxidation sites excluding steroid dienone is 1. The third-order valence-electron chi connectivity index (χ3n) is 2.29. The van der Waals surface area contributed by atoms with Gasteiger partial charge in [-0.15, -0.1) is 6.58 Å². The van der Waals surface area contributed by atoms with Crippen LogP contribution in [0.4, 0.5) is 5.69 Å². The molecule has 8 heteroatoms. The Labute approximate surface area is 120 Å². The molecule has 0 saturated heterocycles. The van der Waals surface area contributed by atoms with E-state index in [-0.39, 0.29) is 11.3 Å². The molecule has 0 aromatic carbocycles. The smallest absolute Gasteiger partial charge is 0.283 e. The van der Waals surface area contributed by atoms with E-state index >= 15 is 0 Å². The van der Waals surface area contributed by atoms with E-state index in [2.05, 4.69) is 32.9 Å². The second-order valence-electron chi connectivity index (χ2n) is 4.06. The normalized spacial score (nSPS) is 11.3. The summed E-state index contributed by atoms with van der Waals surface area (Å²) in [6, 6.07) is 0. The van der Waals surface area contributed by atoms with Gasteiger partial charge in [0.25, 0.3) is 5.56 Å². The van der Waals surface area contributed by atoms with Crippen LogP contribution in [0.3, 0.4) is 0 Å². The average Bonchev–Trinajstić information content (AvgIpc) is 2.32. The van der Waals surface area contributed by atoms with Crippen molar-refractivity contribution in [2.75, 3.05) is 23.9 Å². The third kappa shape index (κ3) is 5.15. The fraction of sp³-hybridized carbons (Fsp3) is 0.455. The van der Waals surface area contributed by atoms with Crippen LogP contribution in [0.2, 0.25) is 0 Å². The Morgan fingerprint density at radius 1 is 1.58 bits per heavy atom. The van der Waals surface area contributed by atoms with Gasteiger partial charge in [-0.1, -0.05) is 6.08 Å². The van der Waals surface area contributed by atoms with E-state index in [1.165, 1.54) is 17.1 Å².